The third-order valence-electron chi connectivity index (χ3n) is 5.01. The molecule has 0 bridgehead atoms. The molecule has 2 fully saturated rings. The van der Waals surface area contributed by atoms with E-state index in [9.17, 15) is 4.79 Å². The van der Waals surface area contributed by atoms with Crippen LogP contribution in [0.2, 0.25) is 0 Å². The highest BCUT2D eigenvalue weighted by molar-refractivity contribution is 6.06. The summed E-state index contributed by atoms with van der Waals surface area (Å²) in [6.07, 6.45) is -0.0996. The molecule has 3 heterocycles. The Bertz CT molecular complexity index is 765. The predicted octanol–water partition coefficient (Wildman–Crippen LogP) is 1.28. The molecule has 2 aliphatic rings. The summed E-state index contributed by atoms with van der Waals surface area (Å²) < 4.78 is 5.85. The molecule has 2 aromatic rings. The largest absolute Gasteiger partial charge is 0.369 e. The molecule has 0 saturated carbocycles. The second kappa shape index (κ2) is 7.07. The Balaban J connectivity index is 1.71. The van der Waals surface area contributed by atoms with Crippen LogP contribution in [0.1, 0.15) is 22.2 Å². The molecule has 132 valence electrons. The van der Waals surface area contributed by atoms with E-state index < -0.39 is 0 Å². The Hall–Kier alpha value is -2.02. The van der Waals surface area contributed by atoms with E-state index in [1.807, 2.05) is 35.2 Å². The molecule has 25 heavy (non-hydrogen) atoms. The van der Waals surface area contributed by atoms with Crippen molar-refractivity contribution in [1.82, 2.24) is 20.1 Å². The number of rotatable bonds is 2. The van der Waals surface area contributed by atoms with Gasteiger partial charge in [-0.05, 0) is 19.2 Å². The van der Waals surface area contributed by atoms with Crippen LogP contribution in [0, 0.1) is 0 Å². The van der Waals surface area contributed by atoms with Gasteiger partial charge in [-0.1, -0.05) is 18.2 Å². The maximum Gasteiger partial charge on any atom is 0.254 e. The van der Waals surface area contributed by atoms with Crippen LogP contribution in [0.5, 0.6) is 0 Å². The van der Waals surface area contributed by atoms with E-state index in [4.69, 9.17) is 9.72 Å². The molecular formula is C19H24N4O2. The maximum atomic E-state index is 13.2. The molecule has 1 N–H and O–H groups in total. The number of fused-ring (bicyclic) bond motifs is 1. The molecule has 1 aromatic carbocycles. The minimum atomic E-state index is -0.0996. The lowest BCUT2D eigenvalue weighted by Gasteiger charge is -2.33. The topological polar surface area (TPSA) is 57.7 Å². The van der Waals surface area contributed by atoms with Crippen LogP contribution in [0.3, 0.4) is 0 Å². The Morgan fingerprint density at radius 2 is 2.04 bits per heavy atom. The van der Waals surface area contributed by atoms with Crippen molar-refractivity contribution in [3.63, 3.8) is 0 Å². The van der Waals surface area contributed by atoms with Crippen LogP contribution < -0.4 is 5.32 Å². The summed E-state index contributed by atoms with van der Waals surface area (Å²) in [4.78, 5) is 22.1. The van der Waals surface area contributed by atoms with Gasteiger partial charge in [0.15, 0.2) is 0 Å². The summed E-state index contributed by atoms with van der Waals surface area (Å²) in [6, 6.07) is 9.80. The van der Waals surface area contributed by atoms with Gasteiger partial charge in [0.05, 0.1) is 23.4 Å². The van der Waals surface area contributed by atoms with Crippen LogP contribution in [-0.2, 0) is 4.74 Å². The predicted molar refractivity (Wildman–Crippen MR) is 96.7 cm³/mol. The first-order chi connectivity index (χ1) is 12.2. The Labute approximate surface area is 147 Å². The zero-order valence-corrected chi connectivity index (χ0v) is 14.6. The monoisotopic (exact) mass is 340 g/mol. The number of ether oxygens (including phenoxy) is 1. The molecule has 1 unspecified atom stereocenters. The average Bonchev–Trinajstić information content (AvgIpc) is 2.68. The highest BCUT2D eigenvalue weighted by Gasteiger charge is 2.25. The normalized spacial score (nSPS) is 22.3. The molecule has 0 spiro atoms. The Morgan fingerprint density at radius 3 is 2.80 bits per heavy atom. The highest BCUT2D eigenvalue weighted by atomic mass is 16.5. The van der Waals surface area contributed by atoms with E-state index in [1.54, 1.807) is 0 Å². The number of carbonyl (C=O) groups excluding carboxylic acids is 1. The zero-order chi connectivity index (χ0) is 17.2. The minimum Gasteiger partial charge on any atom is -0.369 e. The summed E-state index contributed by atoms with van der Waals surface area (Å²) in [5, 5.41) is 4.25. The van der Waals surface area contributed by atoms with Crippen molar-refractivity contribution in [3.05, 3.63) is 41.6 Å². The number of aromatic nitrogens is 1. The van der Waals surface area contributed by atoms with Gasteiger partial charge in [-0.25, -0.2) is 4.98 Å². The van der Waals surface area contributed by atoms with Gasteiger partial charge >= 0.3 is 0 Å². The fourth-order valence-corrected chi connectivity index (χ4v) is 3.47. The van der Waals surface area contributed by atoms with Crippen molar-refractivity contribution in [2.45, 2.75) is 6.10 Å². The van der Waals surface area contributed by atoms with Crippen LogP contribution in [-0.4, -0.2) is 73.6 Å². The summed E-state index contributed by atoms with van der Waals surface area (Å²) in [5.74, 6) is 0.0942. The second-order valence-electron chi connectivity index (χ2n) is 6.77. The van der Waals surface area contributed by atoms with Crippen LogP contribution in [0.4, 0.5) is 0 Å². The van der Waals surface area contributed by atoms with Crippen molar-refractivity contribution in [2.24, 2.45) is 0 Å². The van der Waals surface area contributed by atoms with Crippen molar-refractivity contribution in [2.75, 3.05) is 52.9 Å². The number of hydrogen-bond acceptors (Lipinski definition) is 5. The Kier molecular flexibility index (Phi) is 4.65. The first kappa shape index (κ1) is 16.4. The fraction of sp³-hybridized carbons (Fsp3) is 0.474. The van der Waals surface area contributed by atoms with Gasteiger partial charge in [-0.15, -0.1) is 0 Å². The third kappa shape index (κ3) is 3.38. The molecule has 1 amide bonds. The van der Waals surface area contributed by atoms with Gasteiger partial charge in [0.2, 0.25) is 0 Å². The van der Waals surface area contributed by atoms with Crippen LogP contribution >= 0.6 is 0 Å². The fourth-order valence-electron chi connectivity index (χ4n) is 3.47. The molecular weight excluding hydrogens is 316 g/mol. The van der Waals surface area contributed by atoms with Crippen LogP contribution in [0.25, 0.3) is 10.9 Å². The summed E-state index contributed by atoms with van der Waals surface area (Å²) in [5.41, 5.74) is 2.43. The Morgan fingerprint density at radius 1 is 1.24 bits per heavy atom. The lowest BCUT2D eigenvalue weighted by Crippen LogP contribution is -2.47. The molecule has 1 aromatic heterocycles. The van der Waals surface area contributed by atoms with Gasteiger partial charge in [0.25, 0.3) is 5.91 Å². The summed E-state index contributed by atoms with van der Waals surface area (Å²) >= 11 is 0. The number of amides is 1. The SMILES string of the molecule is CN1CCN(C(=O)c2cc(C3CNCCO3)nc3ccccc23)CC1. The molecule has 6 heteroatoms. The first-order valence-corrected chi connectivity index (χ1v) is 8.92. The minimum absolute atomic E-state index is 0.0942. The smallest absolute Gasteiger partial charge is 0.254 e. The molecule has 2 aliphatic heterocycles. The van der Waals surface area contributed by atoms with Gasteiger partial charge in [0.1, 0.15) is 6.10 Å². The molecule has 0 radical (unpaired) electrons. The van der Waals surface area contributed by atoms with Gasteiger partial charge in [-0.2, -0.15) is 0 Å². The third-order valence-corrected chi connectivity index (χ3v) is 5.01. The quantitative estimate of drug-likeness (QED) is 0.893. The zero-order valence-electron chi connectivity index (χ0n) is 14.6. The number of hydrogen-bond donors (Lipinski definition) is 1. The average molecular weight is 340 g/mol. The number of nitrogens with zero attached hydrogens (tertiary/aromatic N) is 3. The van der Waals surface area contributed by atoms with E-state index in [0.29, 0.717) is 6.61 Å². The van der Waals surface area contributed by atoms with E-state index in [0.717, 1.165) is 61.4 Å². The van der Waals surface area contributed by atoms with Gasteiger partial charge in [-0.3, -0.25) is 4.79 Å². The number of piperazine rings is 1. The second-order valence-corrected chi connectivity index (χ2v) is 6.77. The lowest BCUT2D eigenvalue weighted by molar-refractivity contribution is 0.0251. The van der Waals surface area contributed by atoms with Gasteiger partial charge in [0, 0.05) is 44.7 Å². The first-order valence-electron chi connectivity index (χ1n) is 8.92. The molecule has 6 nitrogen and oxygen atoms in total. The van der Waals surface area contributed by atoms with Crippen molar-refractivity contribution < 1.29 is 9.53 Å². The standard InChI is InChI=1S/C19H24N4O2/c1-22-7-9-23(10-8-22)19(24)15-12-17(18-13-20-6-11-25-18)21-16-5-3-2-4-14(15)16/h2-5,12,18,20H,6-11,13H2,1H3. The van der Waals surface area contributed by atoms with E-state index in [2.05, 4.69) is 17.3 Å². The summed E-state index contributed by atoms with van der Waals surface area (Å²) in [6.45, 7) is 5.62. The molecule has 4 rings (SSSR count). The van der Waals surface area contributed by atoms with Crippen molar-refractivity contribution in [1.29, 1.82) is 0 Å². The number of likely N-dealkylation sites (N-methyl/N-ethyl adjacent to an activating group) is 1. The molecule has 2 saturated heterocycles. The van der Waals surface area contributed by atoms with E-state index >= 15 is 0 Å². The maximum absolute atomic E-state index is 13.2. The molecule has 0 aliphatic carbocycles. The van der Waals surface area contributed by atoms with E-state index in [1.165, 1.54) is 0 Å². The van der Waals surface area contributed by atoms with E-state index in [-0.39, 0.29) is 12.0 Å². The number of benzene rings is 1. The number of pyridine rings is 1. The van der Waals surface area contributed by atoms with Gasteiger partial charge < -0.3 is 19.9 Å². The number of morpholine rings is 1. The van der Waals surface area contributed by atoms with Crippen molar-refractivity contribution in [3.8, 4) is 0 Å². The number of para-hydroxylation sites is 1. The number of carbonyl (C=O) groups is 1. The lowest BCUT2D eigenvalue weighted by atomic mass is 10.0. The number of nitrogens with one attached hydrogen (secondary N) is 1. The summed E-state index contributed by atoms with van der Waals surface area (Å²) in [7, 11) is 2.09. The molecule has 1 atom stereocenters. The van der Waals surface area contributed by atoms with Crippen molar-refractivity contribution >= 4 is 16.8 Å². The highest BCUT2D eigenvalue weighted by Crippen LogP contribution is 2.25. The van der Waals surface area contributed by atoms with Crippen LogP contribution in [0.15, 0.2) is 30.3 Å².